The van der Waals surface area contributed by atoms with Crippen LogP contribution < -0.4 is 10.2 Å². The van der Waals surface area contributed by atoms with Crippen LogP contribution in [-0.2, 0) is 6.54 Å². The van der Waals surface area contributed by atoms with Crippen molar-refractivity contribution in [1.82, 2.24) is 15.0 Å². The molecule has 7 heteroatoms. The van der Waals surface area contributed by atoms with Crippen LogP contribution >= 0.6 is 11.3 Å². The largest absolute Gasteiger partial charge is 0.391 e. The number of nitrogens with one attached hydrogen (secondary N) is 1. The molecule has 6 nitrogen and oxygen atoms in total. The topological polar surface area (TPSA) is 74.2 Å². The number of β-amino-alcohol motifs (C(OH)–C–C–N with tert-alkyl or cyclic N) is 1. The van der Waals surface area contributed by atoms with E-state index in [0.717, 1.165) is 46.8 Å². The van der Waals surface area contributed by atoms with E-state index in [0.29, 0.717) is 13.1 Å². The van der Waals surface area contributed by atoms with Gasteiger partial charge in [0.2, 0.25) is 0 Å². The number of aryl methyl sites for hydroxylation is 1. The van der Waals surface area contributed by atoms with E-state index >= 15 is 0 Å². The van der Waals surface area contributed by atoms with E-state index in [9.17, 15) is 5.11 Å². The first kappa shape index (κ1) is 16.2. The van der Waals surface area contributed by atoms with Crippen LogP contribution in [0.25, 0.3) is 10.2 Å². The molecule has 0 aromatic carbocycles. The third kappa shape index (κ3) is 3.29. The summed E-state index contributed by atoms with van der Waals surface area (Å²) in [6.07, 6.45) is 5.01. The number of anilines is 2. The average Bonchev–Trinajstić information content (AvgIpc) is 3.02. The van der Waals surface area contributed by atoms with Gasteiger partial charge in [0.05, 0.1) is 16.3 Å². The van der Waals surface area contributed by atoms with E-state index < -0.39 is 0 Å². The Morgan fingerprint density at radius 2 is 2.28 bits per heavy atom. The zero-order chi connectivity index (χ0) is 17.2. The van der Waals surface area contributed by atoms with E-state index in [1.54, 1.807) is 17.7 Å². The summed E-state index contributed by atoms with van der Waals surface area (Å²) in [5.74, 6) is 1.80. The zero-order valence-corrected chi connectivity index (χ0v) is 15.0. The maximum absolute atomic E-state index is 9.96. The first-order chi connectivity index (χ1) is 12.2. The minimum atomic E-state index is -0.271. The lowest BCUT2D eigenvalue weighted by Gasteiger charge is -2.32. The Hall–Kier alpha value is -2.25. The molecule has 1 aliphatic heterocycles. The Balaban J connectivity index is 1.57. The van der Waals surface area contributed by atoms with Crippen LogP contribution in [0.15, 0.2) is 30.0 Å². The summed E-state index contributed by atoms with van der Waals surface area (Å²) < 4.78 is 1.08. The van der Waals surface area contributed by atoms with Crippen molar-refractivity contribution < 1.29 is 5.11 Å². The highest BCUT2D eigenvalue weighted by molar-refractivity contribution is 7.18. The molecule has 0 aliphatic carbocycles. The molecule has 0 saturated carbocycles. The summed E-state index contributed by atoms with van der Waals surface area (Å²) >= 11 is 1.66. The van der Waals surface area contributed by atoms with Gasteiger partial charge in [0, 0.05) is 31.4 Å². The normalized spacial score (nSPS) is 17.8. The number of aliphatic hydroxyl groups excluding tert-OH is 1. The molecule has 130 valence electrons. The van der Waals surface area contributed by atoms with Crippen LogP contribution in [0, 0.1) is 6.92 Å². The quantitative estimate of drug-likeness (QED) is 0.749. The highest BCUT2D eigenvalue weighted by Gasteiger charge is 2.21. The second kappa shape index (κ2) is 6.93. The van der Waals surface area contributed by atoms with Crippen LogP contribution in [0.3, 0.4) is 0 Å². The number of piperidine rings is 1. The molecule has 3 aromatic rings. The predicted octanol–water partition coefficient (Wildman–Crippen LogP) is 2.97. The number of rotatable bonds is 4. The van der Waals surface area contributed by atoms with Gasteiger partial charge in [0.15, 0.2) is 0 Å². The van der Waals surface area contributed by atoms with Crippen LogP contribution in [0.2, 0.25) is 0 Å². The third-order valence-electron chi connectivity index (χ3n) is 4.54. The number of hydrogen-bond donors (Lipinski definition) is 2. The Kier molecular flexibility index (Phi) is 4.50. The highest BCUT2D eigenvalue weighted by atomic mass is 32.1. The summed E-state index contributed by atoms with van der Waals surface area (Å²) in [7, 11) is 0. The molecule has 1 fully saturated rings. The molecular formula is C18H21N5OS. The first-order valence-electron chi connectivity index (χ1n) is 8.52. The fourth-order valence-electron chi connectivity index (χ4n) is 3.27. The van der Waals surface area contributed by atoms with Gasteiger partial charge in [-0.1, -0.05) is 6.07 Å². The number of hydrogen-bond acceptors (Lipinski definition) is 7. The van der Waals surface area contributed by atoms with Crippen molar-refractivity contribution in [1.29, 1.82) is 0 Å². The summed E-state index contributed by atoms with van der Waals surface area (Å²) in [6.45, 7) is 4.28. The molecule has 1 aliphatic rings. The summed E-state index contributed by atoms with van der Waals surface area (Å²) in [6, 6.07) is 4.03. The summed E-state index contributed by atoms with van der Waals surface area (Å²) in [5.41, 5.74) is 3.29. The van der Waals surface area contributed by atoms with Crippen LogP contribution in [0.5, 0.6) is 0 Å². The molecule has 0 unspecified atom stereocenters. The molecule has 0 bridgehead atoms. The lowest BCUT2D eigenvalue weighted by molar-refractivity contribution is 0.154. The molecule has 4 rings (SSSR count). The minimum absolute atomic E-state index is 0.271. The first-order valence-corrected chi connectivity index (χ1v) is 9.40. The highest BCUT2D eigenvalue weighted by Crippen LogP contribution is 2.29. The number of aromatic nitrogens is 3. The van der Waals surface area contributed by atoms with Crippen molar-refractivity contribution in [2.24, 2.45) is 0 Å². The molecular weight excluding hydrogens is 334 g/mol. The molecule has 25 heavy (non-hydrogen) atoms. The van der Waals surface area contributed by atoms with Gasteiger partial charge >= 0.3 is 0 Å². The zero-order valence-electron chi connectivity index (χ0n) is 14.1. The van der Waals surface area contributed by atoms with E-state index in [4.69, 9.17) is 0 Å². The van der Waals surface area contributed by atoms with Crippen molar-refractivity contribution in [2.45, 2.75) is 32.4 Å². The number of thiophene rings is 1. The van der Waals surface area contributed by atoms with E-state index in [2.05, 4.69) is 43.5 Å². The van der Waals surface area contributed by atoms with Crippen molar-refractivity contribution in [2.75, 3.05) is 23.3 Å². The number of fused-ring (bicyclic) bond motifs is 1. The van der Waals surface area contributed by atoms with Gasteiger partial charge in [0.1, 0.15) is 18.0 Å². The molecule has 4 heterocycles. The standard InChI is InChI=1S/C18H21N5OS/c1-12-10-25-16-15(12)21-11-22-17(16)20-8-13-4-2-6-19-18(13)23-7-3-5-14(24)9-23/h2,4,6,10-11,14,24H,3,5,7-9H2,1H3,(H,20,21,22)/t14-/m1/s1. The van der Waals surface area contributed by atoms with Crippen LogP contribution in [-0.4, -0.2) is 39.3 Å². The Bertz CT molecular complexity index is 881. The van der Waals surface area contributed by atoms with Crippen molar-refractivity contribution in [3.63, 3.8) is 0 Å². The van der Waals surface area contributed by atoms with Gasteiger partial charge in [-0.3, -0.25) is 0 Å². The van der Waals surface area contributed by atoms with Crippen molar-refractivity contribution >= 4 is 33.2 Å². The molecule has 0 radical (unpaired) electrons. The van der Waals surface area contributed by atoms with Crippen molar-refractivity contribution in [3.05, 3.63) is 41.2 Å². The van der Waals surface area contributed by atoms with Gasteiger partial charge in [-0.25, -0.2) is 15.0 Å². The number of pyridine rings is 1. The Morgan fingerprint density at radius 3 is 3.16 bits per heavy atom. The fraction of sp³-hybridized carbons (Fsp3) is 0.389. The second-order valence-corrected chi connectivity index (χ2v) is 7.28. The number of nitrogens with zero attached hydrogens (tertiary/aromatic N) is 4. The van der Waals surface area contributed by atoms with E-state index in [-0.39, 0.29) is 6.10 Å². The Morgan fingerprint density at radius 1 is 1.36 bits per heavy atom. The van der Waals surface area contributed by atoms with Gasteiger partial charge in [-0.15, -0.1) is 11.3 Å². The van der Waals surface area contributed by atoms with Gasteiger partial charge in [-0.2, -0.15) is 0 Å². The molecule has 1 saturated heterocycles. The van der Waals surface area contributed by atoms with E-state index in [1.807, 2.05) is 12.3 Å². The monoisotopic (exact) mass is 355 g/mol. The minimum Gasteiger partial charge on any atom is -0.391 e. The van der Waals surface area contributed by atoms with Crippen molar-refractivity contribution in [3.8, 4) is 0 Å². The van der Waals surface area contributed by atoms with E-state index in [1.165, 1.54) is 5.56 Å². The third-order valence-corrected chi connectivity index (χ3v) is 5.63. The molecule has 2 N–H and O–H groups in total. The van der Waals surface area contributed by atoms with Gasteiger partial charge < -0.3 is 15.3 Å². The molecule has 1 atom stereocenters. The molecule has 3 aromatic heterocycles. The molecule has 0 amide bonds. The van der Waals surface area contributed by atoms with Gasteiger partial charge in [0.25, 0.3) is 0 Å². The lowest BCUT2D eigenvalue weighted by atomic mass is 10.1. The summed E-state index contributed by atoms with van der Waals surface area (Å²) in [5, 5.41) is 15.5. The predicted molar refractivity (Wildman–Crippen MR) is 101 cm³/mol. The second-order valence-electron chi connectivity index (χ2n) is 6.40. The average molecular weight is 355 g/mol. The van der Waals surface area contributed by atoms with Crippen LogP contribution in [0.4, 0.5) is 11.6 Å². The SMILES string of the molecule is Cc1csc2c(NCc3cccnc3N3CCC[C@@H](O)C3)ncnc12. The maximum atomic E-state index is 9.96. The lowest BCUT2D eigenvalue weighted by Crippen LogP contribution is -2.39. The summed E-state index contributed by atoms with van der Waals surface area (Å²) in [4.78, 5) is 15.5. The fourth-order valence-corrected chi connectivity index (χ4v) is 4.24. The Labute approximate surface area is 150 Å². The number of aliphatic hydroxyl groups is 1. The maximum Gasteiger partial charge on any atom is 0.147 e. The van der Waals surface area contributed by atoms with Crippen LogP contribution in [0.1, 0.15) is 24.0 Å². The van der Waals surface area contributed by atoms with Gasteiger partial charge in [-0.05, 0) is 36.8 Å². The molecule has 0 spiro atoms. The smallest absolute Gasteiger partial charge is 0.147 e.